The molecule has 0 radical (unpaired) electrons. The summed E-state index contributed by atoms with van der Waals surface area (Å²) in [6.45, 7) is 3.15. The van der Waals surface area contributed by atoms with Crippen molar-refractivity contribution in [3.8, 4) is 0 Å². The molecule has 0 spiro atoms. The van der Waals surface area contributed by atoms with Crippen LogP contribution in [0.25, 0.3) is 10.9 Å². The van der Waals surface area contributed by atoms with Gasteiger partial charge in [-0.2, -0.15) is 9.40 Å². The smallest absolute Gasteiger partial charge is 0.272 e. The fraction of sp³-hybridized carbons (Fsp3) is 0.333. The topological polar surface area (TPSA) is 95.2 Å². The molecule has 4 rings (SSSR count). The molecule has 1 amide bonds. The van der Waals surface area contributed by atoms with Gasteiger partial charge in [0.05, 0.1) is 10.4 Å². The molecular formula is C21H24N4O3S. The van der Waals surface area contributed by atoms with Gasteiger partial charge in [0.2, 0.25) is 10.0 Å². The number of fused-ring (bicyclic) bond motifs is 1. The molecule has 0 saturated carbocycles. The number of aromatic amines is 1. The summed E-state index contributed by atoms with van der Waals surface area (Å²) in [5, 5.41) is 10.6. The Labute approximate surface area is 170 Å². The standard InChI is InChI=1S/C21H24N4O3S/c1-15-9-10-18-17(13-15)20(24-23-18)21(26)22-14-16-7-3-4-8-19(16)29(27,28)25-11-5-2-6-12-25/h3-4,7-10,13H,2,5-6,11-12,14H2,1H3,(H,22,26)(H,23,24). The van der Waals surface area contributed by atoms with E-state index in [1.165, 1.54) is 0 Å². The lowest BCUT2D eigenvalue weighted by molar-refractivity contribution is 0.0947. The molecule has 1 aliphatic heterocycles. The Kier molecular flexibility index (Phi) is 5.38. The minimum absolute atomic E-state index is 0.113. The van der Waals surface area contributed by atoms with Crippen molar-refractivity contribution in [1.82, 2.24) is 19.8 Å². The molecule has 2 N–H and O–H groups in total. The third-order valence-corrected chi connectivity index (χ3v) is 7.28. The molecule has 2 aromatic carbocycles. The van der Waals surface area contributed by atoms with Gasteiger partial charge in [0.1, 0.15) is 0 Å². The Morgan fingerprint density at radius 1 is 1.14 bits per heavy atom. The van der Waals surface area contributed by atoms with Crippen molar-refractivity contribution in [2.75, 3.05) is 13.1 Å². The zero-order valence-corrected chi connectivity index (χ0v) is 17.1. The monoisotopic (exact) mass is 412 g/mol. The zero-order valence-electron chi connectivity index (χ0n) is 16.3. The molecule has 29 heavy (non-hydrogen) atoms. The number of carbonyl (C=O) groups excluding carboxylic acids is 1. The molecule has 1 fully saturated rings. The van der Waals surface area contributed by atoms with Crippen LogP contribution in [-0.4, -0.2) is 41.9 Å². The van der Waals surface area contributed by atoms with E-state index in [0.29, 0.717) is 24.3 Å². The van der Waals surface area contributed by atoms with Crippen LogP contribution in [0.5, 0.6) is 0 Å². The normalized spacial score (nSPS) is 15.5. The minimum Gasteiger partial charge on any atom is -0.346 e. The molecule has 0 unspecified atom stereocenters. The highest BCUT2D eigenvalue weighted by atomic mass is 32.2. The first kappa shape index (κ1) is 19.6. The number of piperidine rings is 1. The number of aryl methyl sites for hydroxylation is 1. The van der Waals surface area contributed by atoms with E-state index in [9.17, 15) is 13.2 Å². The summed E-state index contributed by atoms with van der Waals surface area (Å²) in [6, 6.07) is 12.6. The second-order valence-corrected chi connectivity index (χ2v) is 9.28. The number of amides is 1. The summed E-state index contributed by atoms with van der Waals surface area (Å²) in [4.78, 5) is 13.0. The van der Waals surface area contributed by atoms with E-state index in [4.69, 9.17) is 0 Å². The molecule has 1 aliphatic rings. The lowest BCUT2D eigenvalue weighted by atomic mass is 10.1. The Hall–Kier alpha value is -2.71. The van der Waals surface area contributed by atoms with Crippen LogP contribution >= 0.6 is 0 Å². The van der Waals surface area contributed by atoms with Crippen molar-refractivity contribution in [3.63, 3.8) is 0 Å². The van der Waals surface area contributed by atoms with Gasteiger partial charge in [-0.15, -0.1) is 0 Å². The summed E-state index contributed by atoms with van der Waals surface area (Å²) < 4.78 is 27.7. The largest absolute Gasteiger partial charge is 0.346 e. The van der Waals surface area contributed by atoms with Gasteiger partial charge >= 0.3 is 0 Å². The number of aromatic nitrogens is 2. The van der Waals surface area contributed by atoms with E-state index >= 15 is 0 Å². The van der Waals surface area contributed by atoms with Crippen LogP contribution in [0.1, 0.15) is 40.9 Å². The maximum atomic E-state index is 13.1. The second kappa shape index (κ2) is 7.96. The molecule has 0 atom stereocenters. The Morgan fingerprint density at radius 3 is 2.69 bits per heavy atom. The first-order valence-electron chi connectivity index (χ1n) is 9.78. The van der Waals surface area contributed by atoms with Gasteiger partial charge in [0.15, 0.2) is 5.69 Å². The van der Waals surface area contributed by atoms with Gasteiger partial charge in [0.25, 0.3) is 5.91 Å². The van der Waals surface area contributed by atoms with Gasteiger partial charge < -0.3 is 5.32 Å². The highest BCUT2D eigenvalue weighted by Crippen LogP contribution is 2.24. The van der Waals surface area contributed by atoms with Crippen LogP contribution < -0.4 is 5.32 Å². The van der Waals surface area contributed by atoms with Gasteiger partial charge in [-0.05, 0) is 43.5 Å². The molecule has 1 aromatic heterocycles. The van der Waals surface area contributed by atoms with Crippen LogP contribution in [0.2, 0.25) is 0 Å². The molecule has 8 heteroatoms. The van der Waals surface area contributed by atoms with Gasteiger partial charge in [-0.1, -0.05) is 36.2 Å². The predicted molar refractivity (Wildman–Crippen MR) is 111 cm³/mol. The fourth-order valence-electron chi connectivity index (χ4n) is 3.71. The summed E-state index contributed by atoms with van der Waals surface area (Å²) in [7, 11) is -3.57. The third kappa shape index (κ3) is 3.90. The van der Waals surface area contributed by atoms with Crippen molar-refractivity contribution in [3.05, 3.63) is 59.3 Å². The van der Waals surface area contributed by atoms with E-state index in [-0.39, 0.29) is 17.3 Å². The Morgan fingerprint density at radius 2 is 1.90 bits per heavy atom. The van der Waals surface area contributed by atoms with Crippen LogP contribution in [0, 0.1) is 6.92 Å². The van der Waals surface area contributed by atoms with E-state index in [0.717, 1.165) is 35.7 Å². The molecule has 0 bridgehead atoms. The first-order valence-corrected chi connectivity index (χ1v) is 11.2. The van der Waals surface area contributed by atoms with Crippen molar-refractivity contribution in [2.24, 2.45) is 0 Å². The lowest BCUT2D eigenvalue weighted by Crippen LogP contribution is -2.36. The second-order valence-electron chi connectivity index (χ2n) is 7.38. The van der Waals surface area contributed by atoms with E-state index in [2.05, 4.69) is 15.5 Å². The maximum absolute atomic E-state index is 13.1. The number of nitrogens with zero attached hydrogens (tertiary/aromatic N) is 2. The van der Waals surface area contributed by atoms with Crippen molar-refractivity contribution in [1.29, 1.82) is 0 Å². The molecule has 3 aromatic rings. The molecule has 2 heterocycles. The number of carbonyl (C=O) groups is 1. The summed E-state index contributed by atoms with van der Waals surface area (Å²) >= 11 is 0. The summed E-state index contributed by atoms with van der Waals surface area (Å²) in [5.41, 5.74) is 2.70. The van der Waals surface area contributed by atoms with Gasteiger partial charge in [0, 0.05) is 25.0 Å². The van der Waals surface area contributed by atoms with Gasteiger partial charge in [-0.3, -0.25) is 9.89 Å². The van der Waals surface area contributed by atoms with Crippen LogP contribution in [0.3, 0.4) is 0 Å². The number of H-pyrrole nitrogens is 1. The predicted octanol–water partition coefficient (Wildman–Crippen LogP) is 2.98. The number of hydrogen-bond donors (Lipinski definition) is 2. The molecule has 0 aliphatic carbocycles. The van der Waals surface area contributed by atoms with Crippen molar-refractivity contribution < 1.29 is 13.2 Å². The van der Waals surface area contributed by atoms with E-state index in [1.54, 1.807) is 28.6 Å². The van der Waals surface area contributed by atoms with Gasteiger partial charge in [-0.25, -0.2) is 8.42 Å². The number of hydrogen-bond acceptors (Lipinski definition) is 4. The molecule has 152 valence electrons. The minimum atomic E-state index is -3.57. The maximum Gasteiger partial charge on any atom is 0.272 e. The van der Waals surface area contributed by atoms with Crippen molar-refractivity contribution in [2.45, 2.75) is 37.6 Å². The molecular weight excluding hydrogens is 388 g/mol. The molecule has 1 saturated heterocycles. The average molecular weight is 413 g/mol. The SMILES string of the molecule is Cc1ccc2[nH]nc(C(=O)NCc3ccccc3S(=O)(=O)N3CCCCC3)c2c1. The summed E-state index contributed by atoms with van der Waals surface area (Å²) in [6.07, 6.45) is 2.81. The quantitative estimate of drug-likeness (QED) is 0.673. The highest BCUT2D eigenvalue weighted by molar-refractivity contribution is 7.89. The van der Waals surface area contributed by atoms with Crippen LogP contribution in [0.15, 0.2) is 47.4 Å². The van der Waals surface area contributed by atoms with Crippen LogP contribution in [-0.2, 0) is 16.6 Å². The number of sulfonamides is 1. The zero-order chi connectivity index (χ0) is 20.4. The van der Waals surface area contributed by atoms with Crippen LogP contribution in [0.4, 0.5) is 0 Å². The first-order chi connectivity index (χ1) is 14.0. The van der Waals surface area contributed by atoms with E-state index < -0.39 is 10.0 Å². The number of nitrogens with one attached hydrogen (secondary N) is 2. The molecule has 7 nitrogen and oxygen atoms in total. The lowest BCUT2D eigenvalue weighted by Gasteiger charge is -2.26. The highest BCUT2D eigenvalue weighted by Gasteiger charge is 2.28. The number of benzene rings is 2. The van der Waals surface area contributed by atoms with Crippen molar-refractivity contribution >= 4 is 26.8 Å². The summed E-state index contributed by atoms with van der Waals surface area (Å²) in [5.74, 6) is -0.341. The fourth-order valence-corrected chi connectivity index (χ4v) is 5.45. The Bertz CT molecular complexity index is 1150. The third-order valence-electron chi connectivity index (χ3n) is 5.28. The Balaban J connectivity index is 1.56. The average Bonchev–Trinajstić information content (AvgIpc) is 3.16. The van der Waals surface area contributed by atoms with E-state index in [1.807, 2.05) is 25.1 Å². The number of rotatable bonds is 5.